The Hall–Kier alpha value is -2.18. The van der Waals surface area contributed by atoms with E-state index in [0.717, 1.165) is 47.0 Å². The molecule has 0 saturated carbocycles. The summed E-state index contributed by atoms with van der Waals surface area (Å²) < 4.78 is 2.06. The molecule has 28 heavy (non-hydrogen) atoms. The van der Waals surface area contributed by atoms with E-state index in [9.17, 15) is 4.79 Å². The Morgan fingerprint density at radius 3 is 2.71 bits per heavy atom. The van der Waals surface area contributed by atoms with E-state index in [1.807, 2.05) is 19.1 Å². The van der Waals surface area contributed by atoms with Crippen molar-refractivity contribution in [1.29, 1.82) is 0 Å². The van der Waals surface area contributed by atoms with Gasteiger partial charge < -0.3 is 9.80 Å². The summed E-state index contributed by atoms with van der Waals surface area (Å²) >= 11 is 1.58. The van der Waals surface area contributed by atoms with Crippen molar-refractivity contribution in [3.05, 3.63) is 52.5 Å². The monoisotopic (exact) mass is 396 g/mol. The minimum atomic E-state index is 0.0888. The summed E-state index contributed by atoms with van der Waals surface area (Å²) in [6.07, 6.45) is 0. The lowest BCUT2D eigenvalue weighted by Crippen LogP contribution is -2.49. The predicted molar refractivity (Wildman–Crippen MR) is 115 cm³/mol. The molecule has 148 valence electrons. The quantitative estimate of drug-likeness (QED) is 0.664. The molecule has 1 amide bonds. The Balaban J connectivity index is 1.67. The zero-order chi connectivity index (χ0) is 19.8. The number of likely N-dealkylation sites (N-methyl/N-ethyl adjacent to an activating group) is 1. The van der Waals surface area contributed by atoms with Gasteiger partial charge >= 0.3 is 0 Å². The minimum Gasteiger partial charge on any atom is -0.328 e. The molecule has 0 spiro atoms. The summed E-state index contributed by atoms with van der Waals surface area (Å²) in [5.41, 5.74) is 2.20. The number of carbonyl (C=O) groups excluding carboxylic acids is 1. The molecule has 1 unspecified atom stereocenters. The Morgan fingerprint density at radius 2 is 2.00 bits per heavy atom. The van der Waals surface area contributed by atoms with Gasteiger partial charge in [0.25, 0.3) is 5.91 Å². The molecule has 3 aromatic rings. The molecule has 0 N–H and O–H groups in total. The van der Waals surface area contributed by atoms with E-state index in [1.165, 1.54) is 5.56 Å². The van der Waals surface area contributed by atoms with Crippen LogP contribution in [0.5, 0.6) is 0 Å². The summed E-state index contributed by atoms with van der Waals surface area (Å²) in [5, 5.41) is 5.78. The summed E-state index contributed by atoms with van der Waals surface area (Å²) in [7, 11) is 2.13. The number of thiophene rings is 1. The van der Waals surface area contributed by atoms with Gasteiger partial charge in [0, 0.05) is 31.6 Å². The van der Waals surface area contributed by atoms with Crippen LogP contribution in [-0.4, -0.2) is 52.2 Å². The highest BCUT2D eigenvalue weighted by atomic mass is 32.1. The largest absolute Gasteiger partial charge is 0.328 e. The lowest BCUT2D eigenvalue weighted by Gasteiger charge is -2.40. The number of benzene rings is 1. The Morgan fingerprint density at radius 1 is 1.25 bits per heavy atom. The first-order valence-electron chi connectivity index (χ1n) is 9.95. The number of carbonyl (C=O) groups is 1. The summed E-state index contributed by atoms with van der Waals surface area (Å²) in [6, 6.07) is 12.5. The van der Waals surface area contributed by atoms with Gasteiger partial charge in [0.05, 0.1) is 16.6 Å². The van der Waals surface area contributed by atoms with Gasteiger partial charge in [-0.05, 0) is 31.5 Å². The number of aromatic nitrogens is 2. The molecule has 0 radical (unpaired) electrons. The maximum absolute atomic E-state index is 13.5. The van der Waals surface area contributed by atoms with Gasteiger partial charge in [-0.3, -0.25) is 9.48 Å². The van der Waals surface area contributed by atoms with Crippen molar-refractivity contribution in [2.24, 2.45) is 5.92 Å². The second-order valence-corrected chi connectivity index (χ2v) is 9.21. The fourth-order valence-electron chi connectivity index (χ4n) is 3.95. The van der Waals surface area contributed by atoms with Crippen LogP contribution in [0.1, 0.15) is 40.8 Å². The SMILES string of the molecule is Cc1nn(CC(C)C)c2sc(C(=O)N3CCN(C)CC3c3ccccc3)cc12. The fraction of sp³-hybridized carbons (Fsp3) is 0.455. The number of rotatable bonds is 4. The van der Waals surface area contributed by atoms with Crippen LogP contribution < -0.4 is 0 Å². The molecule has 1 aromatic carbocycles. The average molecular weight is 397 g/mol. The standard InChI is InChI=1S/C22H28N4OS/c1-15(2)13-26-22-18(16(3)23-26)12-20(28-22)21(27)25-11-10-24(4)14-19(25)17-8-6-5-7-9-17/h5-9,12,15,19H,10-11,13-14H2,1-4H3. The third-order valence-corrected chi connectivity index (χ3v) is 6.52. The van der Waals surface area contributed by atoms with Gasteiger partial charge in [-0.25, -0.2) is 0 Å². The third-order valence-electron chi connectivity index (χ3n) is 5.38. The normalized spacial score (nSPS) is 18.3. The first-order chi connectivity index (χ1) is 13.4. The first kappa shape index (κ1) is 19.2. The van der Waals surface area contributed by atoms with Gasteiger partial charge in [0.1, 0.15) is 4.83 Å². The van der Waals surface area contributed by atoms with Crippen LogP contribution in [0.25, 0.3) is 10.2 Å². The van der Waals surface area contributed by atoms with Crippen molar-refractivity contribution in [1.82, 2.24) is 19.6 Å². The molecule has 1 aliphatic heterocycles. The number of hydrogen-bond acceptors (Lipinski definition) is 4. The molecule has 0 bridgehead atoms. The van der Waals surface area contributed by atoms with Crippen molar-refractivity contribution in [2.45, 2.75) is 33.4 Å². The van der Waals surface area contributed by atoms with Gasteiger partial charge in [0.15, 0.2) is 0 Å². The van der Waals surface area contributed by atoms with Crippen molar-refractivity contribution in [3.63, 3.8) is 0 Å². The van der Waals surface area contributed by atoms with Crippen LogP contribution in [0.2, 0.25) is 0 Å². The Labute approximate surface area is 170 Å². The molecule has 6 heteroatoms. The van der Waals surface area contributed by atoms with Crippen molar-refractivity contribution in [2.75, 3.05) is 26.7 Å². The van der Waals surface area contributed by atoms with E-state index in [4.69, 9.17) is 0 Å². The fourth-order valence-corrected chi connectivity index (χ4v) is 5.08. The topological polar surface area (TPSA) is 41.4 Å². The second kappa shape index (κ2) is 7.68. The summed E-state index contributed by atoms with van der Waals surface area (Å²) in [6.45, 7) is 9.80. The summed E-state index contributed by atoms with van der Waals surface area (Å²) in [5.74, 6) is 0.655. The molecule has 1 aliphatic rings. The van der Waals surface area contributed by atoms with Crippen LogP contribution in [0, 0.1) is 12.8 Å². The van der Waals surface area contributed by atoms with Gasteiger partial charge in [-0.2, -0.15) is 5.10 Å². The third kappa shape index (κ3) is 3.59. The average Bonchev–Trinajstić information content (AvgIpc) is 3.23. The molecular formula is C22H28N4OS. The molecule has 1 fully saturated rings. The highest BCUT2D eigenvalue weighted by Crippen LogP contribution is 2.33. The Kier molecular flexibility index (Phi) is 5.25. The van der Waals surface area contributed by atoms with E-state index in [0.29, 0.717) is 5.92 Å². The van der Waals surface area contributed by atoms with Gasteiger partial charge in [-0.1, -0.05) is 44.2 Å². The Bertz CT molecular complexity index is 975. The molecule has 5 nitrogen and oxygen atoms in total. The highest BCUT2D eigenvalue weighted by molar-refractivity contribution is 7.20. The van der Waals surface area contributed by atoms with E-state index in [-0.39, 0.29) is 11.9 Å². The van der Waals surface area contributed by atoms with Crippen molar-refractivity contribution >= 4 is 27.5 Å². The summed E-state index contributed by atoms with van der Waals surface area (Å²) in [4.78, 5) is 19.8. The van der Waals surface area contributed by atoms with Gasteiger partial charge in [-0.15, -0.1) is 11.3 Å². The van der Waals surface area contributed by atoms with Crippen LogP contribution in [0.15, 0.2) is 36.4 Å². The number of aryl methyl sites for hydroxylation is 1. The zero-order valence-electron chi connectivity index (χ0n) is 17.1. The second-order valence-electron chi connectivity index (χ2n) is 8.18. The van der Waals surface area contributed by atoms with E-state index >= 15 is 0 Å². The van der Waals surface area contributed by atoms with E-state index in [2.05, 4.69) is 64.7 Å². The predicted octanol–water partition coefficient (Wildman–Crippen LogP) is 4.19. The molecule has 2 aromatic heterocycles. The van der Waals surface area contributed by atoms with Crippen LogP contribution in [0.4, 0.5) is 0 Å². The van der Waals surface area contributed by atoms with Crippen LogP contribution in [-0.2, 0) is 6.54 Å². The lowest BCUT2D eigenvalue weighted by molar-refractivity contribution is 0.0503. The first-order valence-corrected chi connectivity index (χ1v) is 10.8. The minimum absolute atomic E-state index is 0.0888. The molecule has 3 heterocycles. The maximum Gasteiger partial charge on any atom is 0.264 e. The molecule has 0 aliphatic carbocycles. The number of piperazine rings is 1. The number of amides is 1. The van der Waals surface area contributed by atoms with E-state index in [1.54, 1.807) is 11.3 Å². The number of nitrogens with zero attached hydrogens (tertiary/aromatic N) is 4. The number of hydrogen-bond donors (Lipinski definition) is 0. The smallest absolute Gasteiger partial charge is 0.264 e. The molecule has 1 atom stereocenters. The molecular weight excluding hydrogens is 368 g/mol. The lowest BCUT2D eigenvalue weighted by atomic mass is 10.0. The van der Waals surface area contributed by atoms with Crippen molar-refractivity contribution in [3.8, 4) is 0 Å². The zero-order valence-corrected chi connectivity index (χ0v) is 17.9. The van der Waals surface area contributed by atoms with E-state index < -0.39 is 0 Å². The molecule has 1 saturated heterocycles. The molecule has 4 rings (SSSR count). The highest BCUT2D eigenvalue weighted by Gasteiger charge is 2.32. The maximum atomic E-state index is 13.5. The number of fused-ring (bicyclic) bond motifs is 1. The van der Waals surface area contributed by atoms with Crippen LogP contribution in [0.3, 0.4) is 0 Å². The van der Waals surface area contributed by atoms with Crippen molar-refractivity contribution < 1.29 is 4.79 Å². The van der Waals surface area contributed by atoms with Gasteiger partial charge in [0.2, 0.25) is 0 Å². The van der Waals surface area contributed by atoms with Crippen LogP contribution >= 0.6 is 11.3 Å².